The molecule has 0 aromatic heterocycles. The summed E-state index contributed by atoms with van der Waals surface area (Å²) in [6, 6.07) is 0. The second-order valence-corrected chi connectivity index (χ2v) is 13.8. The van der Waals surface area contributed by atoms with Crippen molar-refractivity contribution >= 4 is 11.9 Å². The second kappa shape index (κ2) is 12.1. The van der Waals surface area contributed by atoms with Crippen LogP contribution in [0.5, 0.6) is 0 Å². The van der Waals surface area contributed by atoms with Gasteiger partial charge in [-0.15, -0.1) is 0 Å². The molecule has 0 unspecified atom stereocenters. The third-order valence-electron chi connectivity index (χ3n) is 8.43. The monoisotopic (exact) mass is 508 g/mol. The summed E-state index contributed by atoms with van der Waals surface area (Å²) in [5, 5.41) is 0. The van der Waals surface area contributed by atoms with Crippen molar-refractivity contribution in [3.8, 4) is 0 Å². The molecule has 0 bridgehead atoms. The minimum Gasteiger partial charge on any atom is -0.462 e. The van der Waals surface area contributed by atoms with Crippen molar-refractivity contribution in [3.05, 3.63) is 0 Å². The molecule has 2 aliphatic rings. The lowest BCUT2D eigenvalue weighted by molar-refractivity contribution is -0.167. The Morgan fingerprint density at radius 3 is 1.14 bits per heavy atom. The van der Waals surface area contributed by atoms with E-state index in [1.807, 2.05) is 0 Å². The molecule has 2 saturated heterocycles. The Bertz CT molecular complexity index is 645. The molecule has 0 amide bonds. The van der Waals surface area contributed by atoms with Gasteiger partial charge in [-0.05, 0) is 81.3 Å². The van der Waals surface area contributed by atoms with Crippen LogP contribution in [0.4, 0.5) is 0 Å². The van der Waals surface area contributed by atoms with Gasteiger partial charge in [-0.2, -0.15) is 0 Å². The lowest BCUT2D eigenvalue weighted by Crippen LogP contribution is -2.62. The molecule has 2 fully saturated rings. The molecule has 0 atom stereocenters. The van der Waals surface area contributed by atoms with Crippen LogP contribution in [0.25, 0.3) is 0 Å². The van der Waals surface area contributed by atoms with E-state index < -0.39 is 0 Å². The molecule has 6 heteroatoms. The maximum Gasteiger partial charge on any atom is 0.306 e. The zero-order chi connectivity index (χ0) is 27.4. The summed E-state index contributed by atoms with van der Waals surface area (Å²) in [5.41, 5.74) is -0.141. The Hall–Kier alpha value is -1.14. The highest BCUT2D eigenvalue weighted by molar-refractivity contribution is 5.77. The molecule has 0 aromatic rings. The summed E-state index contributed by atoms with van der Waals surface area (Å²) in [6.45, 7) is 24.6. The van der Waals surface area contributed by atoms with Crippen LogP contribution in [-0.2, 0) is 19.1 Å². The molecule has 0 aliphatic carbocycles. The third-order valence-corrected chi connectivity index (χ3v) is 8.43. The van der Waals surface area contributed by atoms with Crippen molar-refractivity contribution in [1.82, 2.24) is 9.80 Å². The summed E-state index contributed by atoms with van der Waals surface area (Å²) in [5.74, 6) is -0.582. The quantitative estimate of drug-likeness (QED) is 0.297. The molecule has 2 aliphatic heterocycles. The summed E-state index contributed by atoms with van der Waals surface area (Å²) < 4.78 is 11.8. The summed E-state index contributed by atoms with van der Waals surface area (Å²) in [4.78, 5) is 30.5. The van der Waals surface area contributed by atoms with E-state index in [0.29, 0.717) is 0 Å². The SMILES string of the molecule is CCCCN1C(C)(C)CC(OC(=O)CCC(=O)OC2CC(C)(C)N(CCCC)C(C)(C)C2)CC1(C)C. The van der Waals surface area contributed by atoms with Crippen LogP contribution in [0.1, 0.15) is 133 Å². The first-order chi connectivity index (χ1) is 16.5. The van der Waals surface area contributed by atoms with Crippen LogP contribution in [0, 0.1) is 0 Å². The Labute approximate surface area is 221 Å². The molecular formula is C30H56N2O4. The molecule has 210 valence electrons. The van der Waals surface area contributed by atoms with Gasteiger partial charge < -0.3 is 9.47 Å². The normalized spacial score (nSPS) is 24.4. The predicted octanol–water partition coefficient (Wildman–Crippen LogP) is 6.50. The molecule has 2 heterocycles. The highest BCUT2D eigenvalue weighted by atomic mass is 16.6. The maximum atomic E-state index is 12.7. The van der Waals surface area contributed by atoms with Crippen LogP contribution in [0.3, 0.4) is 0 Å². The topological polar surface area (TPSA) is 59.1 Å². The number of hydrogen-bond acceptors (Lipinski definition) is 6. The van der Waals surface area contributed by atoms with Crippen molar-refractivity contribution in [2.45, 2.75) is 168 Å². The zero-order valence-electron chi connectivity index (χ0n) is 25.2. The number of hydrogen-bond donors (Lipinski definition) is 0. The van der Waals surface area contributed by atoms with Crippen molar-refractivity contribution in [1.29, 1.82) is 0 Å². The molecule has 0 aromatic carbocycles. The molecule has 0 saturated carbocycles. The summed E-state index contributed by atoms with van der Waals surface area (Å²) >= 11 is 0. The van der Waals surface area contributed by atoms with Gasteiger partial charge in [0, 0.05) is 47.8 Å². The minimum absolute atomic E-state index is 0.0353. The molecule has 36 heavy (non-hydrogen) atoms. The first-order valence-corrected chi connectivity index (χ1v) is 14.5. The molecule has 0 N–H and O–H groups in total. The maximum absolute atomic E-state index is 12.7. The van der Waals surface area contributed by atoms with Gasteiger partial charge >= 0.3 is 11.9 Å². The fourth-order valence-corrected chi connectivity index (χ4v) is 7.16. The van der Waals surface area contributed by atoms with Gasteiger partial charge in [0.25, 0.3) is 0 Å². The van der Waals surface area contributed by atoms with Crippen LogP contribution >= 0.6 is 0 Å². The van der Waals surface area contributed by atoms with E-state index in [1.54, 1.807) is 0 Å². The van der Waals surface area contributed by atoms with Gasteiger partial charge in [0.05, 0.1) is 12.8 Å². The van der Waals surface area contributed by atoms with Crippen LogP contribution in [-0.4, -0.2) is 69.2 Å². The predicted molar refractivity (Wildman–Crippen MR) is 147 cm³/mol. The zero-order valence-corrected chi connectivity index (χ0v) is 25.2. The minimum atomic E-state index is -0.291. The number of piperidine rings is 2. The average molecular weight is 509 g/mol. The molecule has 0 spiro atoms. The highest BCUT2D eigenvalue weighted by Gasteiger charge is 2.47. The smallest absolute Gasteiger partial charge is 0.306 e. The van der Waals surface area contributed by atoms with Crippen molar-refractivity contribution in [2.24, 2.45) is 0 Å². The highest BCUT2D eigenvalue weighted by Crippen LogP contribution is 2.41. The lowest BCUT2D eigenvalue weighted by atomic mass is 9.78. The van der Waals surface area contributed by atoms with E-state index >= 15 is 0 Å². The number of carbonyl (C=O) groups excluding carboxylic acids is 2. The third kappa shape index (κ3) is 8.18. The van der Waals surface area contributed by atoms with Gasteiger partial charge in [-0.25, -0.2) is 0 Å². The number of nitrogens with zero attached hydrogens (tertiary/aromatic N) is 2. The number of ether oxygens (including phenoxy) is 2. The van der Waals surface area contributed by atoms with Crippen molar-refractivity contribution in [2.75, 3.05) is 13.1 Å². The van der Waals surface area contributed by atoms with E-state index in [-0.39, 0.29) is 59.1 Å². The first kappa shape index (κ1) is 31.1. The largest absolute Gasteiger partial charge is 0.462 e. The number of carbonyl (C=O) groups is 2. The number of esters is 2. The van der Waals surface area contributed by atoms with E-state index in [2.05, 4.69) is 79.0 Å². The van der Waals surface area contributed by atoms with E-state index in [0.717, 1.165) is 38.8 Å². The van der Waals surface area contributed by atoms with Crippen LogP contribution < -0.4 is 0 Å². The molecule has 0 radical (unpaired) electrons. The number of unbranched alkanes of at least 4 members (excludes halogenated alkanes) is 2. The second-order valence-electron chi connectivity index (χ2n) is 13.8. The number of likely N-dealkylation sites (tertiary alicyclic amines) is 2. The Morgan fingerprint density at radius 1 is 0.611 bits per heavy atom. The van der Waals surface area contributed by atoms with E-state index in [9.17, 15) is 9.59 Å². The molecule has 2 rings (SSSR count). The van der Waals surface area contributed by atoms with Gasteiger partial charge in [0.2, 0.25) is 0 Å². The van der Waals surface area contributed by atoms with Gasteiger partial charge in [-0.1, -0.05) is 26.7 Å². The number of rotatable bonds is 11. The Balaban J connectivity index is 1.86. The van der Waals surface area contributed by atoms with Gasteiger partial charge in [0.15, 0.2) is 0 Å². The Kier molecular flexibility index (Phi) is 10.5. The fraction of sp³-hybridized carbons (Fsp3) is 0.933. The van der Waals surface area contributed by atoms with Gasteiger partial charge in [0.1, 0.15) is 12.2 Å². The van der Waals surface area contributed by atoms with E-state index in [4.69, 9.17) is 9.47 Å². The van der Waals surface area contributed by atoms with Crippen molar-refractivity contribution in [3.63, 3.8) is 0 Å². The van der Waals surface area contributed by atoms with Crippen molar-refractivity contribution < 1.29 is 19.1 Å². The lowest BCUT2D eigenvalue weighted by Gasteiger charge is -2.55. The molecule has 6 nitrogen and oxygen atoms in total. The molecular weight excluding hydrogens is 452 g/mol. The standard InChI is InChI=1S/C30H56N2O4/c1-11-13-17-31-27(3,4)19-23(20-28(31,5)6)35-25(33)15-16-26(34)36-24-21-29(7,8)32(18-14-12-2)30(9,10)22-24/h23-24H,11-22H2,1-10H3. The summed E-state index contributed by atoms with van der Waals surface area (Å²) in [6.07, 6.45) is 7.87. The van der Waals surface area contributed by atoms with Gasteiger partial charge in [-0.3, -0.25) is 19.4 Å². The Morgan fingerprint density at radius 2 is 0.889 bits per heavy atom. The van der Waals surface area contributed by atoms with Crippen LogP contribution in [0.15, 0.2) is 0 Å². The average Bonchev–Trinajstić information content (AvgIpc) is 2.69. The van der Waals surface area contributed by atoms with E-state index in [1.165, 1.54) is 25.7 Å². The first-order valence-electron chi connectivity index (χ1n) is 14.5. The summed E-state index contributed by atoms with van der Waals surface area (Å²) in [7, 11) is 0. The fourth-order valence-electron chi connectivity index (χ4n) is 7.16. The van der Waals surface area contributed by atoms with Crippen LogP contribution in [0.2, 0.25) is 0 Å².